The van der Waals surface area contributed by atoms with Crippen molar-refractivity contribution in [1.82, 2.24) is 0 Å². The Labute approximate surface area is 97.5 Å². The molecular weight excluding hydrogens is 198 g/mol. The third-order valence-corrected chi connectivity index (χ3v) is 2.80. The molecule has 0 spiro atoms. The summed E-state index contributed by atoms with van der Waals surface area (Å²) < 4.78 is 0. The van der Waals surface area contributed by atoms with Gasteiger partial charge in [-0.05, 0) is 23.5 Å². The van der Waals surface area contributed by atoms with E-state index in [9.17, 15) is 5.11 Å². The van der Waals surface area contributed by atoms with E-state index in [1.54, 1.807) is 6.92 Å². The summed E-state index contributed by atoms with van der Waals surface area (Å²) in [5.41, 5.74) is 2.15. The molecule has 0 aliphatic rings. The molecule has 0 amide bonds. The van der Waals surface area contributed by atoms with Gasteiger partial charge in [0, 0.05) is 0 Å². The quantitative estimate of drug-likeness (QED) is 0.826. The molecule has 1 N–H and O–H groups in total. The Kier molecular flexibility index (Phi) is 3.72. The molecule has 1 rings (SSSR count). The van der Waals surface area contributed by atoms with Gasteiger partial charge in [0.15, 0.2) is 0 Å². The lowest BCUT2D eigenvalue weighted by atomic mass is 9.86. The maximum absolute atomic E-state index is 9.86. The summed E-state index contributed by atoms with van der Waals surface area (Å²) in [5.74, 6) is -0.375. The molecule has 0 saturated heterocycles. The molecular formula is C14H19NO. The monoisotopic (exact) mass is 217 g/mol. The van der Waals surface area contributed by atoms with Crippen molar-refractivity contribution in [3.05, 3.63) is 35.4 Å². The summed E-state index contributed by atoms with van der Waals surface area (Å²) in [6, 6.07) is 9.89. The first-order valence-electron chi connectivity index (χ1n) is 5.54. The SMILES string of the molecule is CC(C#N)C(O)c1ccc(C(C)(C)C)cc1. The number of benzene rings is 1. The van der Waals surface area contributed by atoms with Gasteiger partial charge in [-0.3, -0.25) is 0 Å². The number of hydrogen-bond acceptors (Lipinski definition) is 2. The molecule has 1 aromatic carbocycles. The smallest absolute Gasteiger partial charge is 0.0945 e. The number of nitriles is 1. The Morgan fingerprint density at radius 1 is 1.19 bits per heavy atom. The Morgan fingerprint density at radius 3 is 2.06 bits per heavy atom. The Bertz CT molecular complexity index is 381. The lowest BCUT2D eigenvalue weighted by Gasteiger charge is -2.20. The first kappa shape index (κ1) is 12.7. The molecule has 0 aliphatic heterocycles. The molecule has 0 radical (unpaired) electrons. The van der Waals surface area contributed by atoms with E-state index in [0.29, 0.717) is 0 Å². The Hall–Kier alpha value is -1.33. The minimum atomic E-state index is -0.695. The van der Waals surface area contributed by atoms with E-state index in [2.05, 4.69) is 26.8 Å². The number of nitrogens with zero attached hydrogens (tertiary/aromatic N) is 1. The molecule has 0 bridgehead atoms. The molecule has 2 nitrogen and oxygen atoms in total. The van der Waals surface area contributed by atoms with Gasteiger partial charge in [-0.1, -0.05) is 45.0 Å². The Balaban J connectivity index is 2.92. The predicted molar refractivity (Wildman–Crippen MR) is 64.9 cm³/mol. The highest BCUT2D eigenvalue weighted by Gasteiger charge is 2.17. The van der Waals surface area contributed by atoms with Crippen LogP contribution in [0.2, 0.25) is 0 Å². The normalized spacial score (nSPS) is 15.2. The van der Waals surface area contributed by atoms with E-state index in [0.717, 1.165) is 5.56 Å². The van der Waals surface area contributed by atoms with Crippen LogP contribution in [0.25, 0.3) is 0 Å². The van der Waals surface area contributed by atoms with Crippen LogP contribution >= 0.6 is 0 Å². The van der Waals surface area contributed by atoms with Crippen LogP contribution in [0.5, 0.6) is 0 Å². The summed E-state index contributed by atoms with van der Waals surface area (Å²) in [6.07, 6.45) is -0.695. The van der Waals surface area contributed by atoms with Crippen molar-refractivity contribution < 1.29 is 5.11 Å². The Morgan fingerprint density at radius 2 is 1.69 bits per heavy atom. The summed E-state index contributed by atoms with van der Waals surface area (Å²) in [6.45, 7) is 8.17. The second-order valence-electron chi connectivity index (χ2n) is 5.23. The van der Waals surface area contributed by atoms with Gasteiger partial charge in [-0.15, -0.1) is 0 Å². The lowest BCUT2D eigenvalue weighted by molar-refractivity contribution is 0.143. The second-order valence-corrected chi connectivity index (χ2v) is 5.23. The molecule has 2 atom stereocenters. The van der Waals surface area contributed by atoms with E-state index in [1.807, 2.05) is 24.3 Å². The van der Waals surface area contributed by atoms with E-state index in [4.69, 9.17) is 5.26 Å². The first-order valence-corrected chi connectivity index (χ1v) is 5.54. The third kappa shape index (κ3) is 2.84. The van der Waals surface area contributed by atoms with Crippen LogP contribution < -0.4 is 0 Å². The number of rotatable bonds is 2. The molecule has 0 fully saturated rings. The van der Waals surface area contributed by atoms with Gasteiger partial charge in [0.25, 0.3) is 0 Å². The molecule has 0 heterocycles. The van der Waals surface area contributed by atoms with Gasteiger partial charge >= 0.3 is 0 Å². The van der Waals surface area contributed by atoms with Gasteiger partial charge < -0.3 is 5.11 Å². The molecule has 1 aromatic rings. The van der Waals surface area contributed by atoms with Crippen molar-refractivity contribution in [3.63, 3.8) is 0 Å². The average Bonchev–Trinajstić information content (AvgIpc) is 2.26. The highest BCUT2D eigenvalue weighted by atomic mass is 16.3. The van der Waals surface area contributed by atoms with Crippen LogP contribution in [-0.2, 0) is 5.41 Å². The summed E-state index contributed by atoms with van der Waals surface area (Å²) in [7, 11) is 0. The maximum Gasteiger partial charge on any atom is 0.0945 e. The number of hydrogen-bond donors (Lipinski definition) is 1. The zero-order chi connectivity index (χ0) is 12.3. The maximum atomic E-state index is 9.86. The molecule has 0 aliphatic carbocycles. The number of aliphatic hydroxyl groups is 1. The van der Waals surface area contributed by atoms with Crippen LogP contribution in [0.15, 0.2) is 24.3 Å². The topological polar surface area (TPSA) is 44.0 Å². The van der Waals surface area contributed by atoms with Crippen molar-refractivity contribution in [2.75, 3.05) is 0 Å². The van der Waals surface area contributed by atoms with Crippen molar-refractivity contribution in [2.45, 2.75) is 39.2 Å². The summed E-state index contributed by atoms with van der Waals surface area (Å²) in [4.78, 5) is 0. The van der Waals surface area contributed by atoms with Gasteiger partial charge in [-0.25, -0.2) is 0 Å². The zero-order valence-electron chi connectivity index (χ0n) is 10.4. The van der Waals surface area contributed by atoms with Gasteiger partial charge in [0.2, 0.25) is 0 Å². The minimum Gasteiger partial charge on any atom is -0.387 e. The van der Waals surface area contributed by atoms with Gasteiger partial charge in [0.1, 0.15) is 0 Å². The van der Waals surface area contributed by atoms with Crippen molar-refractivity contribution in [1.29, 1.82) is 5.26 Å². The van der Waals surface area contributed by atoms with Crippen LogP contribution in [-0.4, -0.2) is 5.11 Å². The largest absolute Gasteiger partial charge is 0.387 e. The minimum absolute atomic E-state index is 0.115. The van der Waals surface area contributed by atoms with Crippen molar-refractivity contribution in [2.24, 2.45) is 5.92 Å². The lowest BCUT2D eigenvalue weighted by Crippen LogP contribution is -2.12. The average molecular weight is 217 g/mol. The van der Waals surface area contributed by atoms with Gasteiger partial charge in [-0.2, -0.15) is 5.26 Å². The second kappa shape index (κ2) is 4.67. The van der Waals surface area contributed by atoms with Gasteiger partial charge in [0.05, 0.1) is 18.1 Å². The van der Waals surface area contributed by atoms with E-state index in [-0.39, 0.29) is 11.3 Å². The first-order chi connectivity index (χ1) is 7.36. The fraction of sp³-hybridized carbons (Fsp3) is 0.500. The van der Waals surface area contributed by atoms with Crippen LogP contribution in [0.1, 0.15) is 44.9 Å². The fourth-order valence-corrected chi connectivity index (χ4v) is 1.54. The number of aliphatic hydroxyl groups excluding tert-OH is 1. The van der Waals surface area contributed by atoms with E-state index in [1.165, 1.54) is 5.56 Å². The molecule has 0 saturated carbocycles. The highest BCUT2D eigenvalue weighted by molar-refractivity contribution is 5.29. The standard InChI is InChI=1S/C14H19NO/c1-10(9-15)13(16)11-5-7-12(8-6-11)14(2,3)4/h5-8,10,13,16H,1-4H3. The van der Waals surface area contributed by atoms with Crippen molar-refractivity contribution in [3.8, 4) is 6.07 Å². The van der Waals surface area contributed by atoms with Crippen LogP contribution in [0, 0.1) is 17.2 Å². The fourth-order valence-electron chi connectivity index (χ4n) is 1.54. The van der Waals surface area contributed by atoms with E-state index >= 15 is 0 Å². The molecule has 2 unspecified atom stereocenters. The molecule has 0 aromatic heterocycles. The predicted octanol–water partition coefficient (Wildman–Crippen LogP) is 3.18. The third-order valence-electron chi connectivity index (χ3n) is 2.80. The highest BCUT2D eigenvalue weighted by Crippen LogP contribution is 2.26. The zero-order valence-corrected chi connectivity index (χ0v) is 10.4. The summed E-state index contributed by atoms with van der Waals surface area (Å²) in [5, 5.41) is 18.6. The van der Waals surface area contributed by atoms with Crippen LogP contribution in [0.4, 0.5) is 0 Å². The molecule has 2 heteroatoms. The van der Waals surface area contributed by atoms with E-state index < -0.39 is 6.10 Å². The van der Waals surface area contributed by atoms with Crippen LogP contribution in [0.3, 0.4) is 0 Å². The molecule has 16 heavy (non-hydrogen) atoms. The summed E-state index contributed by atoms with van der Waals surface area (Å²) >= 11 is 0. The van der Waals surface area contributed by atoms with Crippen molar-refractivity contribution >= 4 is 0 Å². The molecule has 86 valence electrons.